The first-order valence-corrected chi connectivity index (χ1v) is 8.32. The van der Waals surface area contributed by atoms with E-state index in [2.05, 4.69) is 0 Å². The van der Waals surface area contributed by atoms with Gasteiger partial charge in [-0.2, -0.15) is 0 Å². The lowest BCUT2D eigenvalue weighted by Gasteiger charge is -2.37. The zero-order chi connectivity index (χ0) is 13.6. The monoisotopic (exact) mass is 282 g/mol. The first-order chi connectivity index (χ1) is 8.96. The average Bonchev–Trinajstić information content (AvgIpc) is 2.61. The number of benzene rings is 1. The second-order valence-electron chi connectivity index (χ2n) is 5.40. The Labute approximate surface area is 112 Å². The summed E-state index contributed by atoms with van der Waals surface area (Å²) in [4.78, 5) is 2.04. The summed E-state index contributed by atoms with van der Waals surface area (Å²) in [6.07, 6.45) is 1.11. The average molecular weight is 282 g/mol. The highest BCUT2D eigenvalue weighted by atomic mass is 32.2. The summed E-state index contributed by atoms with van der Waals surface area (Å²) in [5, 5.41) is 10.0. The van der Waals surface area contributed by atoms with Gasteiger partial charge >= 0.3 is 0 Å². The lowest BCUT2D eigenvalue weighted by molar-refractivity contribution is 0.177. The van der Waals surface area contributed by atoms with Gasteiger partial charge in [0.25, 0.3) is 0 Å². The van der Waals surface area contributed by atoms with E-state index in [9.17, 15) is 13.5 Å². The van der Waals surface area contributed by atoms with E-state index in [0.717, 1.165) is 36.3 Å². The topological polar surface area (TPSA) is 83.6 Å². The molecule has 104 valence electrons. The van der Waals surface area contributed by atoms with E-state index < -0.39 is 15.9 Å². The molecule has 3 N–H and O–H groups in total. The molecule has 2 heterocycles. The summed E-state index contributed by atoms with van der Waals surface area (Å²) < 4.78 is 23.3. The third kappa shape index (κ3) is 2.30. The number of aliphatic hydroxyl groups is 1. The Bertz CT molecular complexity index is 600. The number of aliphatic hydroxyl groups excluding tert-OH is 1. The van der Waals surface area contributed by atoms with E-state index in [0.29, 0.717) is 0 Å². The molecule has 6 heteroatoms. The third-order valence-corrected chi connectivity index (χ3v) is 5.65. The largest absolute Gasteiger partial charge is 0.399 e. The standard InChI is InChI=1S/C13H18N2O3S/c14-10-3-4-11-9(6-10)2-1-5-15(11)12-7-19(17,18)8-13(12)16/h3-4,6,12-13,16H,1-2,5,7-8,14H2. The van der Waals surface area contributed by atoms with Gasteiger partial charge < -0.3 is 15.7 Å². The number of hydrogen-bond acceptors (Lipinski definition) is 5. The molecule has 0 aliphatic carbocycles. The van der Waals surface area contributed by atoms with E-state index in [1.165, 1.54) is 0 Å². The van der Waals surface area contributed by atoms with Gasteiger partial charge in [0.05, 0.1) is 23.7 Å². The fraction of sp³-hybridized carbons (Fsp3) is 0.538. The quantitative estimate of drug-likeness (QED) is 0.718. The van der Waals surface area contributed by atoms with Gasteiger partial charge in [0.1, 0.15) is 0 Å². The maximum Gasteiger partial charge on any atom is 0.155 e. The van der Waals surface area contributed by atoms with Crippen molar-refractivity contribution in [3.05, 3.63) is 23.8 Å². The van der Waals surface area contributed by atoms with Crippen molar-refractivity contribution in [1.29, 1.82) is 0 Å². The van der Waals surface area contributed by atoms with E-state index in [1.807, 2.05) is 23.1 Å². The van der Waals surface area contributed by atoms with Crippen LogP contribution in [-0.2, 0) is 16.3 Å². The molecule has 1 aromatic rings. The number of rotatable bonds is 1. The summed E-state index contributed by atoms with van der Waals surface area (Å²) in [7, 11) is -3.12. The minimum Gasteiger partial charge on any atom is -0.399 e. The van der Waals surface area contributed by atoms with Gasteiger partial charge in [0.15, 0.2) is 9.84 Å². The number of nitrogen functional groups attached to an aromatic ring is 1. The van der Waals surface area contributed by atoms with Crippen LogP contribution in [-0.4, -0.2) is 43.7 Å². The molecule has 0 bridgehead atoms. The van der Waals surface area contributed by atoms with Gasteiger partial charge in [-0.25, -0.2) is 8.42 Å². The van der Waals surface area contributed by atoms with E-state index >= 15 is 0 Å². The fourth-order valence-corrected chi connectivity index (χ4v) is 4.90. The lowest BCUT2D eigenvalue weighted by Crippen LogP contribution is -2.45. The molecule has 2 aliphatic rings. The molecule has 0 radical (unpaired) electrons. The molecule has 3 rings (SSSR count). The van der Waals surface area contributed by atoms with Gasteiger partial charge in [0, 0.05) is 17.9 Å². The molecule has 19 heavy (non-hydrogen) atoms. The minimum atomic E-state index is -3.12. The highest BCUT2D eigenvalue weighted by molar-refractivity contribution is 7.91. The first kappa shape index (κ1) is 12.7. The van der Waals surface area contributed by atoms with Crippen LogP contribution in [0.3, 0.4) is 0 Å². The predicted octanol–water partition coefficient (Wildman–Crippen LogP) is 0.179. The normalized spacial score (nSPS) is 29.2. The van der Waals surface area contributed by atoms with Gasteiger partial charge in [-0.1, -0.05) is 0 Å². The van der Waals surface area contributed by atoms with Crippen LogP contribution in [0.25, 0.3) is 0 Å². The number of aryl methyl sites for hydroxylation is 1. The summed E-state index contributed by atoms with van der Waals surface area (Å²) in [6.45, 7) is 0.786. The maximum absolute atomic E-state index is 11.7. The molecule has 0 aromatic heterocycles. The highest BCUT2D eigenvalue weighted by Gasteiger charge is 2.41. The van der Waals surface area contributed by atoms with E-state index in [4.69, 9.17) is 5.73 Å². The van der Waals surface area contributed by atoms with Crippen LogP contribution in [0.5, 0.6) is 0 Å². The Kier molecular flexibility index (Phi) is 2.94. The molecular formula is C13H18N2O3S. The van der Waals surface area contributed by atoms with Crippen molar-refractivity contribution in [3.63, 3.8) is 0 Å². The summed E-state index contributed by atoms with van der Waals surface area (Å²) >= 11 is 0. The van der Waals surface area contributed by atoms with Gasteiger partial charge in [0.2, 0.25) is 0 Å². The zero-order valence-electron chi connectivity index (χ0n) is 10.6. The van der Waals surface area contributed by atoms with Gasteiger partial charge in [-0.05, 0) is 36.6 Å². The Morgan fingerprint density at radius 1 is 1.32 bits per heavy atom. The maximum atomic E-state index is 11.7. The van der Waals surface area contributed by atoms with E-state index in [-0.39, 0.29) is 17.5 Å². The van der Waals surface area contributed by atoms with Crippen molar-refractivity contribution in [2.75, 3.05) is 28.7 Å². The van der Waals surface area contributed by atoms with Crippen LogP contribution in [0.4, 0.5) is 11.4 Å². The predicted molar refractivity (Wildman–Crippen MR) is 75.0 cm³/mol. The van der Waals surface area contributed by atoms with Crippen LogP contribution >= 0.6 is 0 Å². The molecule has 2 atom stereocenters. The summed E-state index contributed by atoms with van der Waals surface area (Å²) in [5.41, 5.74) is 8.67. The van der Waals surface area contributed by atoms with Gasteiger partial charge in [-0.15, -0.1) is 0 Å². The van der Waals surface area contributed by atoms with Gasteiger partial charge in [-0.3, -0.25) is 0 Å². The Hall–Kier alpha value is -1.27. The van der Waals surface area contributed by atoms with Crippen molar-refractivity contribution in [1.82, 2.24) is 0 Å². The van der Waals surface area contributed by atoms with Crippen molar-refractivity contribution >= 4 is 21.2 Å². The number of nitrogens with two attached hydrogens (primary N) is 1. The molecule has 2 aliphatic heterocycles. The Morgan fingerprint density at radius 2 is 2.11 bits per heavy atom. The van der Waals surface area contributed by atoms with Crippen LogP contribution in [0, 0.1) is 0 Å². The third-order valence-electron chi connectivity index (χ3n) is 3.95. The van der Waals surface area contributed by atoms with Crippen LogP contribution < -0.4 is 10.6 Å². The number of hydrogen-bond donors (Lipinski definition) is 2. The molecule has 1 saturated heterocycles. The van der Waals surface area contributed by atoms with Crippen LogP contribution in [0.15, 0.2) is 18.2 Å². The molecule has 0 amide bonds. The molecule has 0 spiro atoms. The first-order valence-electron chi connectivity index (χ1n) is 6.50. The van der Waals surface area contributed by atoms with Crippen molar-refractivity contribution in [2.24, 2.45) is 0 Å². The van der Waals surface area contributed by atoms with Crippen molar-refractivity contribution in [2.45, 2.75) is 25.0 Å². The van der Waals surface area contributed by atoms with Crippen LogP contribution in [0.1, 0.15) is 12.0 Å². The second kappa shape index (κ2) is 4.38. The minimum absolute atomic E-state index is 0.0397. The molecule has 1 fully saturated rings. The summed E-state index contributed by atoms with van der Waals surface area (Å²) in [5.74, 6) is -0.0868. The number of sulfone groups is 1. The fourth-order valence-electron chi connectivity index (χ4n) is 3.10. The lowest BCUT2D eigenvalue weighted by atomic mass is 9.98. The molecule has 5 nitrogen and oxygen atoms in total. The molecule has 2 unspecified atom stereocenters. The number of nitrogens with zero attached hydrogens (tertiary/aromatic N) is 1. The Morgan fingerprint density at radius 3 is 2.79 bits per heavy atom. The molecular weight excluding hydrogens is 264 g/mol. The van der Waals surface area contributed by atoms with Crippen molar-refractivity contribution < 1.29 is 13.5 Å². The molecule has 1 aromatic carbocycles. The molecule has 0 saturated carbocycles. The second-order valence-corrected chi connectivity index (χ2v) is 7.55. The SMILES string of the molecule is Nc1ccc2c(c1)CCCN2C1CS(=O)(=O)CC1O. The number of anilines is 2. The zero-order valence-corrected chi connectivity index (χ0v) is 11.4. The Balaban J connectivity index is 1.96. The highest BCUT2D eigenvalue weighted by Crippen LogP contribution is 2.33. The van der Waals surface area contributed by atoms with E-state index in [1.54, 1.807) is 0 Å². The summed E-state index contributed by atoms with van der Waals surface area (Å²) in [6, 6.07) is 5.37. The number of fused-ring (bicyclic) bond motifs is 1. The smallest absolute Gasteiger partial charge is 0.155 e. The van der Waals surface area contributed by atoms with Crippen molar-refractivity contribution in [3.8, 4) is 0 Å². The van der Waals surface area contributed by atoms with Crippen LogP contribution in [0.2, 0.25) is 0 Å².